The molecule has 3 aliphatic rings. The summed E-state index contributed by atoms with van der Waals surface area (Å²) in [5.74, 6) is 0. The number of benzene rings is 12. The molecule has 0 saturated heterocycles. The Morgan fingerprint density at radius 3 is 1.46 bits per heavy atom. The van der Waals surface area contributed by atoms with E-state index in [0.29, 0.717) is 0 Å². The van der Waals surface area contributed by atoms with Crippen molar-refractivity contribution in [3.8, 4) is 44.5 Å². The van der Waals surface area contributed by atoms with Crippen LogP contribution in [-0.2, 0) is 10.8 Å². The average Bonchev–Trinajstić information content (AvgIpc) is 3.91. The Hall–Kier alpha value is -9.04. The molecule has 0 aromatic heterocycles. The lowest BCUT2D eigenvalue weighted by Crippen LogP contribution is -2.32. The third kappa shape index (κ3) is 5.41. The van der Waals surface area contributed by atoms with Crippen LogP contribution in [0.3, 0.4) is 0 Å². The van der Waals surface area contributed by atoms with Gasteiger partial charge in [0.15, 0.2) is 0 Å². The number of anilines is 3. The quantitative estimate of drug-likeness (QED) is 0.161. The maximum atomic E-state index is 2.55. The van der Waals surface area contributed by atoms with Gasteiger partial charge in [-0.25, -0.2) is 0 Å². The molecule has 0 fully saturated rings. The first-order valence-corrected chi connectivity index (χ1v) is 24.8. The fourth-order valence-corrected chi connectivity index (χ4v) is 13.4. The largest absolute Gasteiger partial charge is 0.310 e. The average molecular weight is 900 g/mol. The number of fused-ring (bicyclic) bond motifs is 13. The molecule has 330 valence electrons. The van der Waals surface area contributed by atoms with E-state index in [9.17, 15) is 0 Å². The Morgan fingerprint density at radius 2 is 0.746 bits per heavy atom. The Labute approximate surface area is 414 Å². The minimum absolute atomic E-state index is 0.495. The Kier molecular flexibility index (Phi) is 8.56. The molecule has 0 heterocycles. The van der Waals surface area contributed by atoms with Crippen LogP contribution in [0, 0.1) is 0 Å². The molecule has 3 aliphatic carbocycles. The van der Waals surface area contributed by atoms with Crippen molar-refractivity contribution in [2.45, 2.75) is 10.8 Å². The van der Waals surface area contributed by atoms with E-state index in [4.69, 9.17) is 0 Å². The molecule has 15 rings (SSSR count). The van der Waals surface area contributed by atoms with Gasteiger partial charge in [-0.2, -0.15) is 0 Å². The Balaban J connectivity index is 1.04. The van der Waals surface area contributed by atoms with Gasteiger partial charge in [-0.1, -0.05) is 243 Å². The zero-order valence-corrected chi connectivity index (χ0v) is 38.9. The summed E-state index contributed by atoms with van der Waals surface area (Å²) in [4.78, 5) is 2.54. The van der Waals surface area contributed by atoms with Crippen molar-refractivity contribution in [3.05, 3.63) is 317 Å². The molecule has 0 aliphatic heterocycles. The minimum atomic E-state index is -0.635. The van der Waals surface area contributed by atoms with Crippen molar-refractivity contribution in [3.63, 3.8) is 0 Å². The second-order valence-corrected chi connectivity index (χ2v) is 19.4. The van der Waals surface area contributed by atoms with Gasteiger partial charge in [0.1, 0.15) is 0 Å². The summed E-state index contributed by atoms with van der Waals surface area (Å²) >= 11 is 0. The van der Waals surface area contributed by atoms with Crippen LogP contribution in [0.1, 0.15) is 44.5 Å². The highest BCUT2D eigenvalue weighted by molar-refractivity contribution is 6.10. The molecular weight excluding hydrogens is 855 g/mol. The first kappa shape index (κ1) is 39.9. The molecule has 0 bridgehead atoms. The van der Waals surface area contributed by atoms with Gasteiger partial charge in [0.05, 0.1) is 16.5 Å². The molecule has 0 saturated carbocycles. The summed E-state index contributed by atoms with van der Waals surface area (Å²) < 4.78 is 0. The first-order chi connectivity index (χ1) is 35.2. The monoisotopic (exact) mass is 899 g/mol. The Morgan fingerprint density at radius 1 is 0.268 bits per heavy atom. The lowest BCUT2D eigenvalue weighted by molar-refractivity contribution is 0.768. The zero-order chi connectivity index (χ0) is 46.7. The van der Waals surface area contributed by atoms with Crippen molar-refractivity contribution in [1.82, 2.24) is 0 Å². The van der Waals surface area contributed by atoms with Crippen LogP contribution >= 0.6 is 0 Å². The van der Waals surface area contributed by atoms with E-state index >= 15 is 0 Å². The van der Waals surface area contributed by atoms with Crippen LogP contribution < -0.4 is 4.90 Å². The predicted octanol–water partition coefficient (Wildman–Crippen LogP) is 17.8. The fourth-order valence-electron chi connectivity index (χ4n) is 13.4. The summed E-state index contributed by atoms with van der Waals surface area (Å²) in [6.07, 6.45) is 0. The smallest absolute Gasteiger partial charge is 0.0732 e. The molecule has 1 spiro atoms. The number of rotatable bonds is 6. The fraction of sp³-hybridized carbons (Fsp3) is 0.0286. The highest BCUT2D eigenvalue weighted by Crippen LogP contribution is 2.65. The normalized spacial score (nSPS) is 15.2. The second-order valence-electron chi connectivity index (χ2n) is 19.4. The van der Waals surface area contributed by atoms with E-state index in [1.54, 1.807) is 0 Å². The van der Waals surface area contributed by atoms with Crippen molar-refractivity contribution in [2.75, 3.05) is 4.90 Å². The molecule has 71 heavy (non-hydrogen) atoms. The first-order valence-electron chi connectivity index (χ1n) is 24.8. The highest BCUT2D eigenvalue weighted by atomic mass is 15.1. The van der Waals surface area contributed by atoms with Crippen molar-refractivity contribution < 1.29 is 0 Å². The summed E-state index contributed by atoms with van der Waals surface area (Å²) in [6, 6.07) is 103. The third-order valence-corrected chi connectivity index (χ3v) is 16.1. The SMILES string of the molecule is c1ccc(-c2ccc3cccc4c3c2C2(c3ccccc3-c3ccc(N(c5ccc6c(c5)-c5ccccc5C6(c5ccccc5)c5ccccc5)c5cccc6ccccc56)cc32)c2ccccc2-4)cc1. The van der Waals surface area contributed by atoms with Crippen molar-refractivity contribution in [2.24, 2.45) is 0 Å². The predicted molar refractivity (Wildman–Crippen MR) is 295 cm³/mol. The van der Waals surface area contributed by atoms with Gasteiger partial charge < -0.3 is 4.90 Å². The van der Waals surface area contributed by atoms with Crippen LogP contribution in [0.15, 0.2) is 273 Å². The number of hydrogen-bond acceptors (Lipinski definition) is 1. The molecule has 12 aromatic rings. The van der Waals surface area contributed by atoms with Crippen LogP contribution in [-0.4, -0.2) is 0 Å². The zero-order valence-electron chi connectivity index (χ0n) is 38.9. The summed E-state index contributed by atoms with van der Waals surface area (Å²) in [6.45, 7) is 0. The summed E-state index contributed by atoms with van der Waals surface area (Å²) in [7, 11) is 0. The summed E-state index contributed by atoms with van der Waals surface area (Å²) in [5, 5.41) is 4.98. The van der Waals surface area contributed by atoms with Crippen molar-refractivity contribution in [1.29, 1.82) is 0 Å². The van der Waals surface area contributed by atoms with E-state index in [0.717, 1.165) is 17.1 Å². The Bertz CT molecular complexity index is 4070. The third-order valence-electron chi connectivity index (χ3n) is 16.1. The van der Waals surface area contributed by atoms with Crippen LogP contribution in [0.25, 0.3) is 66.1 Å². The second kappa shape index (κ2) is 15.2. The van der Waals surface area contributed by atoms with Gasteiger partial charge in [-0.05, 0) is 136 Å². The molecule has 12 aromatic carbocycles. The van der Waals surface area contributed by atoms with Crippen LogP contribution in [0.5, 0.6) is 0 Å². The van der Waals surface area contributed by atoms with Gasteiger partial charge in [0.25, 0.3) is 0 Å². The van der Waals surface area contributed by atoms with E-state index < -0.39 is 10.8 Å². The summed E-state index contributed by atoms with van der Waals surface area (Å²) in [5.41, 5.74) is 22.7. The number of nitrogens with zero attached hydrogens (tertiary/aromatic N) is 1. The minimum Gasteiger partial charge on any atom is -0.310 e. The van der Waals surface area contributed by atoms with Gasteiger partial charge in [-0.15, -0.1) is 0 Å². The van der Waals surface area contributed by atoms with Crippen LogP contribution in [0.4, 0.5) is 17.1 Å². The maximum absolute atomic E-state index is 2.55. The number of hydrogen-bond donors (Lipinski definition) is 0. The molecule has 1 atom stereocenters. The van der Waals surface area contributed by atoms with Crippen molar-refractivity contribution >= 4 is 38.6 Å². The molecule has 1 nitrogen and oxygen atoms in total. The molecule has 1 unspecified atom stereocenters. The molecule has 1 heteroatoms. The maximum Gasteiger partial charge on any atom is 0.0732 e. The lowest BCUT2D eigenvalue weighted by atomic mass is 9.60. The van der Waals surface area contributed by atoms with E-state index in [2.05, 4.69) is 278 Å². The molecule has 0 amide bonds. The van der Waals surface area contributed by atoms with E-state index in [-0.39, 0.29) is 0 Å². The van der Waals surface area contributed by atoms with E-state index in [1.165, 1.54) is 111 Å². The standard InChI is InChI=1S/C70H45N/c1-4-20-47(21-5-1)54-41-38-48-24-18-33-59-56-31-13-17-36-63(56)70(68(54)67(48)59)62-35-16-12-30-55(62)58-42-39-52(45-65(58)70)71(66-37-19-23-46-22-10-11-29-53(46)66)51-40-43-64-60(44-51)57-32-14-15-34-61(57)69(64,49-25-6-2-7-26-49)50-27-8-3-9-28-50/h1-45H. The molecular formula is C70H45N. The van der Waals surface area contributed by atoms with Gasteiger partial charge >= 0.3 is 0 Å². The van der Waals surface area contributed by atoms with Crippen LogP contribution in [0.2, 0.25) is 0 Å². The van der Waals surface area contributed by atoms with Gasteiger partial charge in [0.2, 0.25) is 0 Å². The molecule has 0 radical (unpaired) electrons. The lowest BCUT2D eigenvalue weighted by Gasteiger charge is -2.41. The highest BCUT2D eigenvalue weighted by Gasteiger charge is 2.52. The molecule has 0 N–H and O–H groups in total. The van der Waals surface area contributed by atoms with E-state index in [1.807, 2.05) is 0 Å². The topological polar surface area (TPSA) is 3.24 Å². The van der Waals surface area contributed by atoms with Gasteiger partial charge in [-0.3, -0.25) is 0 Å². The van der Waals surface area contributed by atoms with Gasteiger partial charge in [0, 0.05) is 16.8 Å².